The molecule has 2 amide bonds. The lowest BCUT2D eigenvalue weighted by molar-refractivity contribution is -0.161. The van der Waals surface area contributed by atoms with E-state index in [4.69, 9.17) is 10.3 Å². The summed E-state index contributed by atoms with van der Waals surface area (Å²) >= 11 is 0. The molecule has 0 atom stereocenters. The van der Waals surface area contributed by atoms with Crippen LogP contribution in [0.2, 0.25) is 0 Å². The van der Waals surface area contributed by atoms with Crippen LogP contribution in [0.5, 0.6) is 0 Å². The van der Waals surface area contributed by atoms with Crippen LogP contribution in [0.1, 0.15) is 37.4 Å². The molecular weight excluding hydrogens is 510 g/mol. The maximum Gasteiger partial charge on any atom is 0.400 e. The highest BCUT2D eigenvalue weighted by molar-refractivity contribution is 6.02. The number of fused-ring (bicyclic) bond motifs is 1. The lowest BCUT2D eigenvalue weighted by Crippen LogP contribution is -2.30. The fourth-order valence-electron chi connectivity index (χ4n) is 4.81. The quantitative estimate of drug-likeness (QED) is 0.272. The Kier molecular flexibility index (Phi) is 5.35. The van der Waals surface area contributed by atoms with Crippen LogP contribution >= 0.6 is 0 Å². The second-order valence-electron chi connectivity index (χ2n) is 9.62. The summed E-state index contributed by atoms with van der Waals surface area (Å²) in [6.45, 7) is 0. The SMILES string of the molecule is Nc1ncnc2c1c(-c1ccc(NC(=O)Nc3cc(C4(C(F)(F)F)CC4)no3)c(F)c1)cn2C1CC(O)C1. The molecule has 2 aliphatic carbocycles. The van der Waals surface area contributed by atoms with E-state index in [2.05, 4.69) is 25.8 Å². The van der Waals surface area contributed by atoms with E-state index in [-0.39, 0.29) is 42.0 Å². The van der Waals surface area contributed by atoms with E-state index in [1.807, 2.05) is 4.57 Å². The summed E-state index contributed by atoms with van der Waals surface area (Å²) in [5.41, 5.74) is 5.19. The molecule has 1 aromatic carbocycles. The molecule has 3 heterocycles. The normalized spacial score (nSPS) is 20.2. The molecule has 6 rings (SSSR count). The van der Waals surface area contributed by atoms with E-state index in [1.54, 1.807) is 12.3 Å². The number of carbonyl (C=O) groups is 1. The predicted molar refractivity (Wildman–Crippen MR) is 128 cm³/mol. The first kappa shape index (κ1) is 24.2. The van der Waals surface area contributed by atoms with Gasteiger partial charge in [0, 0.05) is 23.9 Å². The number of amides is 2. The summed E-state index contributed by atoms with van der Waals surface area (Å²) in [6, 6.07) is 4.25. The average molecular weight is 531 g/mol. The highest BCUT2D eigenvalue weighted by atomic mass is 19.4. The number of hydrogen-bond donors (Lipinski definition) is 4. The summed E-state index contributed by atoms with van der Waals surface area (Å²) in [5.74, 6) is -0.842. The number of aromatic nitrogens is 4. The number of hydrogen-bond acceptors (Lipinski definition) is 7. The van der Waals surface area contributed by atoms with Crippen LogP contribution in [-0.2, 0) is 5.41 Å². The summed E-state index contributed by atoms with van der Waals surface area (Å²) in [7, 11) is 0. The average Bonchev–Trinajstić information content (AvgIpc) is 3.39. The number of benzene rings is 1. The molecule has 0 saturated heterocycles. The van der Waals surface area contributed by atoms with Crippen molar-refractivity contribution in [1.29, 1.82) is 0 Å². The molecule has 0 unspecified atom stereocenters. The third-order valence-electron chi connectivity index (χ3n) is 7.18. The van der Waals surface area contributed by atoms with Gasteiger partial charge >= 0.3 is 12.2 Å². The first-order valence-corrected chi connectivity index (χ1v) is 11.8. The fourth-order valence-corrected chi connectivity index (χ4v) is 4.81. The minimum atomic E-state index is -4.48. The zero-order chi connectivity index (χ0) is 26.8. The first-order valence-electron chi connectivity index (χ1n) is 11.8. The molecule has 10 nitrogen and oxygen atoms in total. The van der Waals surface area contributed by atoms with Crippen LogP contribution in [0.3, 0.4) is 0 Å². The van der Waals surface area contributed by atoms with Gasteiger partial charge in [0.25, 0.3) is 0 Å². The molecule has 3 aromatic heterocycles. The molecule has 198 valence electrons. The Morgan fingerprint density at radius 1 is 1.18 bits per heavy atom. The summed E-state index contributed by atoms with van der Waals surface area (Å²) in [4.78, 5) is 20.7. The molecule has 2 aliphatic rings. The molecule has 0 radical (unpaired) electrons. The molecular formula is C24H21F4N7O3. The standard InChI is InChI=1S/C24H21F4N7O3/c25-15-5-11(14-9-35(12-6-13(36)7-12)21-19(14)20(29)30-10-31-21)1-2-16(15)32-22(37)33-18-8-17(34-38-18)23(3-4-23)24(26,27)28/h1-2,5,8-10,12-13,36H,3-4,6-7H2,(H2,29,30,31)(H2,32,33,37). The minimum absolute atomic E-state index is 0.0209. The zero-order valence-electron chi connectivity index (χ0n) is 19.6. The largest absolute Gasteiger partial charge is 0.400 e. The van der Waals surface area contributed by atoms with Crippen molar-refractivity contribution < 1.29 is 32.0 Å². The van der Waals surface area contributed by atoms with Gasteiger partial charge in [-0.05, 0) is 43.4 Å². The van der Waals surface area contributed by atoms with Crippen molar-refractivity contribution in [1.82, 2.24) is 19.7 Å². The predicted octanol–water partition coefficient (Wildman–Crippen LogP) is 4.74. The number of rotatable bonds is 5. The van der Waals surface area contributed by atoms with Crippen molar-refractivity contribution in [2.75, 3.05) is 16.4 Å². The molecule has 0 bridgehead atoms. The van der Waals surface area contributed by atoms with E-state index >= 15 is 4.39 Å². The first-order chi connectivity index (χ1) is 18.1. The topological polar surface area (TPSA) is 144 Å². The molecule has 4 aromatic rings. The van der Waals surface area contributed by atoms with Gasteiger partial charge in [0.05, 0.1) is 17.2 Å². The Bertz CT molecular complexity index is 1550. The lowest BCUT2D eigenvalue weighted by Gasteiger charge is -2.32. The van der Waals surface area contributed by atoms with Crippen LogP contribution in [0.15, 0.2) is 41.3 Å². The number of alkyl halides is 3. The van der Waals surface area contributed by atoms with E-state index in [0.717, 1.165) is 6.07 Å². The number of aliphatic hydroxyl groups excluding tert-OH is 1. The number of nitrogen functional groups attached to an aromatic ring is 1. The summed E-state index contributed by atoms with van der Waals surface area (Å²) < 4.78 is 61.6. The van der Waals surface area contributed by atoms with Crippen LogP contribution in [-0.4, -0.2) is 43.1 Å². The zero-order valence-corrected chi connectivity index (χ0v) is 19.6. The molecule has 2 fully saturated rings. The summed E-state index contributed by atoms with van der Waals surface area (Å²) in [5, 5.41) is 18.3. The number of nitrogens with two attached hydrogens (primary N) is 1. The highest BCUT2D eigenvalue weighted by Gasteiger charge is 2.66. The van der Waals surface area contributed by atoms with Gasteiger partial charge in [0.2, 0.25) is 5.88 Å². The van der Waals surface area contributed by atoms with Gasteiger partial charge in [-0.1, -0.05) is 11.2 Å². The second kappa shape index (κ2) is 8.41. The van der Waals surface area contributed by atoms with Gasteiger partial charge in [-0.3, -0.25) is 5.32 Å². The number of nitrogens with zero attached hydrogens (tertiary/aromatic N) is 4. The van der Waals surface area contributed by atoms with Crippen LogP contribution in [0.25, 0.3) is 22.2 Å². The van der Waals surface area contributed by atoms with E-state index in [9.17, 15) is 23.1 Å². The highest BCUT2D eigenvalue weighted by Crippen LogP contribution is 2.58. The van der Waals surface area contributed by atoms with Gasteiger partial charge in [-0.15, -0.1) is 0 Å². The van der Waals surface area contributed by atoms with Gasteiger partial charge in [-0.2, -0.15) is 13.2 Å². The van der Waals surface area contributed by atoms with Crippen molar-refractivity contribution in [2.45, 2.75) is 49.4 Å². The Balaban J connectivity index is 1.21. The van der Waals surface area contributed by atoms with E-state index < -0.39 is 29.5 Å². The molecule has 0 spiro atoms. The van der Waals surface area contributed by atoms with E-state index in [1.165, 1.54) is 18.5 Å². The Morgan fingerprint density at radius 2 is 1.95 bits per heavy atom. The number of nitrogens with one attached hydrogen (secondary N) is 2. The Morgan fingerprint density at radius 3 is 2.61 bits per heavy atom. The lowest BCUT2D eigenvalue weighted by atomic mass is 9.89. The molecule has 5 N–H and O–H groups in total. The van der Waals surface area contributed by atoms with E-state index in [0.29, 0.717) is 35.0 Å². The van der Waals surface area contributed by atoms with Crippen molar-refractivity contribution in [2.24, 2.45) is 0 Å². The number of urea groups is 1. The smallest absolute Gasteiger partial charge is 0.393 e. The van der Waals surface area contributed by atoms with Gasteiger partial charge < -0.3 is 25.2 Å². The number of halogens is 4. The van der Waals surface area contributed by atoms with Crippen LogP contribution in [0, 0.1) is 5.82 Å². The summed E-state index contributed by atoms with van der Waals surface area (Å²) in [6.07, 6.45) is -0.836. The maximum atomic E-state index is 15.0. The molecule has 38 heavy (non-hydrogen) atoms. The van der Waals surface area contributed by atoms with Gasteiger partial charge in [-0.25, -0.2) is 19.2 Å². The number of anilines is 3. The van der Waals surface area contributed by atoms with Gasteiger partial charge in [0.15, 0.2) is 0 Å². The van der Waals surface area contributed by atoms with Crippen molar-refractivity contribution in [3.05, 3.63) is 48.3 Å². The maximum absolute atomic E-state index is 15.0. The van der Waals surface area contributed by atoms with Crippen molar-refractivity contribution in [3.8, 4) is 11.1 Å². The Labute approximate surface area is 211 Å². The van der Waals surface area contributed by atoms with Crippen LogP contribution in [0.4, 0.5) is 39.7 Å². The molecule has 0 aliphatic heterocycles. The third-order valence-corrected chi connectivity index (χ3v) is 7.18. The van der Waals surface area contributed by atoms with Gasteiger partial charge in [0.1, 0.15) is 34.7 Å². The minimum Gasteiger partial charge on any atom is -0.393 e. The monoisotopic (exact) mass is 531 g/mol. The number of carbonyl (C=O) groups excluding carboxylic acids is 1. The molecule has 2 saturated carbocycles. The molecule has 14 heteroatoms. The second-order valence-corrected chi connectivity index (χ2v) is 9.62. The van der Waals surface area contributed by atoms with Crippen molar-refractivity contribution in [3.63, 3.8) is 0 Å². The number of aliphatic hydroxyl groups is 1. The van der Waals surface area contributed by atoms with Crippen LogP contribution < -0.4 is 16.4 Å². The van der Waals surface area contributed by atoms with Crippen molar-refractivity contribution >= 4 is 34.5 Å². The Hall–Kier alpha value is -4.20. The fraction of sp³-hybridized carbons (Fsp3) is 0.333. The third kappa shape index (κ3) is 3.91.